The monoisotopic (exact) mass is 443 g/mol. The number of hydrogen-bond donors (Lipinski definition) is 0. The molecule has 1 heterocycles. The van der Waals surface area contributed by atoms with E-state index in [2.05, 4.69) is 19.1 Å². The third-order valence-corrected chi connectivity index (χ3v) is 8.20. The summed E-state index contributed by atoms with van der Waals surface area (Å²) in [4.78, 5) is 15.2. The van der Waals surface area contributed by atoms with Gasteiger partial charge in [-0.1, -0.05) is 68.2 Å². The number of carbonyl (C=O) groups excluding carboxylic acids is 1. The maximum absolute atomic E-state index is 13.5. The summed E-state index contributed by atoms with van der Waals surface area (Å²) in [5, 5.41) is 0. The lowest BCUT2D eigenvalue weighted by Gasteiger charge is -2.29. The fourth-order valence-corrected chi connectivity index (χ4v) is 6.26. The van der Waals surface area contributed by atoms with Gasteiger partial charge in [-0.05, 0) is 41.4 Å². The van der Waals surface area contributed by atoms with Crippen LogP contribution >= 0.6 is 23.2 Å². The molecule has 1 saturated carbocycles. The van der Waals surface area contributed by atoms with E-state index in [0.717, 1.165) is 12.0 Å². The Labute approximate surface area is 177 Å². The minimum atomic E-state index is -3.09. The SMILES string of the molecule is CCc1ccc(CN(C(=O)[C@H]2[C@@H](C=C(Cl)Cl)C2(C)C)[C@@H]2CCS(=O)(=O)C2)cc1. The van der Waals surface area contributed by atoms with E-state index in [1.165, 1.54) is 5.56 Å². The lowest BCUT2D eigenvalue weighted by Crippen LogP contribution is -2.42. The van der Waals surface area contributed by atoms with Crippen LogP contribution in [0.15, 0.2) is 34.8 Å². The van der Waals surface area contributed by atoms with Crippen molar-refractivity contribution in [2.45, 2.75) is 46.2 Å². The molecule has 2 aliphatic rings. The number of benzene rings is 1. The Hall–Kier alpha value is -1.04. The number of rotatable bonds is 6. The Morgan fingerprint density at radius 2 is 1.82 bits per heavy atom. The van der Waals surface area contributed by atoms with Gasteiger partial charge >= 0.3 is 0 Å². The highest BCUT2D eigenvalue weighted by atomic mass is 35.5. The van der Waals surface area contributed by atoms with Crippen molar-refractivity contribution in [3.8, 4) is 0 Å². The topological polar surface area (TPSA) is 54.5 Å². The summed E-state index contributed by atoms with van der Waals surface area (Å²) >= 11 is 11.7. The molecule has 0 spiro atoms. The van der Waals surface area contributed by atoms with Crippen LogP contribution in [0.25, 0.3) is 0 Å². The van der Waals surface area contributed by atoms with E-state index in [0.29, 0.717) is 13.0 Å². The fraction of sp³-hybridized carbons (Fsp3) is 0.571. The van der Waals surface area contributed by atoms with Gasteiger partial charge in [0, 0.05) is 12.6 Å². The predicted octanol–water partition coefficient (Wildman–Crippen LogP) is 4.36. The van der Waals surface area contributed by atoms with Crippen LogP contribution in [0, 0.1) is 17.3 Å². The minimum Gasteiger partial charge on any atom is -0.334 e. The van der Waals surface area contributed by atoms with Crippen molar-refractivity contribution in [1.82, 2.24) is 4.90 Å². The third-order valence-electron chi connectivity index (χ3n) is 6.20. The zero-order chi connectivity index (χ0) is 20.7. The zero-order valence-corrected chi connectivity index (χ0v) is 18.8. The van der Waals surface area contributed by atoms with Crippen LogP contribution in [0.1, 0.15) is 38.3 Å². The number of nitrogens with zero attached hydrogens (tertiary/aromatic N) is 1. The molecular weight excluding hydrogens is 417 g/mol. The Kier molecular flexibility index (Phi) is 6.19. The number of hydrogen-bond acceptors (Lipinski definition) is 3. The van der Waals surface area contributed by atoms with Crippen LogP contribution in [0.2, 0.25) is 0 Å². The van der Waals surface area contributed by atoms with Crippen LogP contribution in [0.4, 0.5) is 0 Å². The summed E-state index contributed by atoms with van der Waals surface area (Å²) in [5.74, 6) is -0.106. The fourth-order valence-electron chi connectivity index (χ4n) is 4.26. The molecule has 3 rings (SSSR count). The molecule has 28 heavy (non-hydrogen) atoms. The molecule has 0 radical (unpaired) electrons. The van der Waals surface area contributed by atoms with E-state index in [1.54, 1.807) is 11.0 Å². The highest BCUT2D eigenvalue weighted by molar-refractivity contribution is 7.91. The number of sulfone groups is 1. The summed E-state index contributed by atoms with van der Waals surface area (Å²) in [7, 11) is -3.09. The molecule has 0 N–H and O–H groups in total. The Bertz CT molecular complexity index is 873. The molecule has 1 saturated heterocycles. The van der Waals surface area contributed by atoms with E-state index >= 15 is 0 Å². The molecule has 1 aliphatic heterocycles. The van der Waals surface area contributed by atoms with Crippen molar-refractivity contribution in [3.63, 3.8) is 0 Å². The molecule has 1 aromatic carbocycles. The van der Waals surface area contributed by atoms with Crippen LogP contribution in [-0.4, -0.2) is 36.8 Å². The van der Waals surface area contributed by atoms with Gasteiger partial charge in [-0.15, -0.1) is 0 Å². The lowest BCUT2D eigenvalue weighted by molar-refractivity contribution is -0.136. The smallest absolute Gasteiger partial charge is 0.227 e. The first-order valence-corrected chi connectivity index (χ1v) is 12.2. The normalized spacial score (nSPS) is 27.2. The van der Waals surface area contributed by atoms with Gasteiger partial charge in [-0.3, -0.25) is 4.79 Å². The molecule has 7 heteroatoms. The number of carbonyl (C=O) groups is 1. The maximum Gasteiger partial charge on any atom is 0.227 e. The van der Waals surface area contributed by atoms with Crippen LogP contribution in [0.5, 0.6) is 0 Å². The average Bonchev–Trinajstić information content (AvgIpc) is 2.95. The van der Waals surface area contributed by atoms with Crippen LogP contribution in [0.3, 0.4) is 0 Å². The highest BCUT2D eigenvalue weighted by Gasteiger charge is 2.62. The summed E-state index contributed by atoms with van der Waals surface area (Å²) < 4.78 is 24.3. The van der Waals surface area contributed by atoms with Crippen molar-refractivity contribution < 1.29 is 13.2 Å². The van der Waals surface area contributed by atoms with Crippen molar-refractivity contribution in [2.24, 2.45) is 17.3 Å². The van der Waals surface area contributed by atoms with E-state index in [9.17, 15) is 13.2 Å². The van der Waals surface area contributed by atoms with Gasteiger partial charge in [0.25, 0.3) is 0 Å². The largest absolute Gasteiger partial charge is 0.334 e. The predicted molar refractivity (Wildman–Crippen MR) is 114 cm³/mol. The van der Waals surface area contributed by atoms with Gasteiger partial charge < -0.3 is 4.90 Å². The Morgan fingerprint density at radius 3 is 2.32 bits per heavy atom. The molecule has 0 bridgehead atoms. The molecule has 1 aliphatic carbocycles. The molecule has 0 unspecified atom stereocenters. The van der Waals surface area contributed by atoms with E-state index in [1.807, 2.05) is 26.0 Å². The van der Waals surface area contributed by atoms with E-state index < -0.39 is 9.84 Å². The highest BCUT2D eigenvalue weighted by Crippen LogP contribution is 2.60. The molecule has 4 nitrogen and oxygen atoms in total. The van der Waals surface area contributed by atoms with Gasteiger partial charge in [0.2, 0.25) is 5.91 Å². The van der Waals surface area contributed by atoms with Crippen LogP contribution in [-0.2, 0) is 27.6 Å². The number of halogens is 2. The number of allylic oxidation sites excluding steroid dienone is 1. The molecule has 0 aromatic heterocycles. The number of amides is 1. The minimum absolute atomic E-state index is 0.0116. The van der Waals surface area contributed by atoms with Crippen molar-refractivity contribution in [3.05, 3.63) is 46.0 Å². The average molecular weight is 444 g/mol. The molecule has 154 valence electrons. The third kappa shape index (κ3) is 4.58. The van der Waals surface area contributed by atoms with Gasteiger partial charge in [0.05, 0.1) is 17.4 Å². The second-order valence-corrected chi connectivity index (χ2v) is 11.7. The molecule has 1 amide bonds. The van der Waals surface area contributed by atoms with Crippen molar-refractivity contribution in [2.75, 3.05) is 11.5 Å². The Morgan fingerprint density at radius 1 is 1.21 bits per heavy atom. The first kappa shape index (κ1) is 21.7. The standard InChI is InChI=1S/C21H27Cl2NO3S/c1-4-14-5-7-15(8-6-14)12-24(16-9-10-28(26,27)13-16)20(25)19-17(11-18(22)23)21(19,2)3/h5-8,11,16-17,19H,4,9-10,12-13H2,1-3H3/t16-,17-,19-/m1/s1. The van der Waals surface area contributed by atoms with Gasteiger partial charge in [0.15, 0.2) is 9.84 Å². The lowest BCUT2D eigenvalue weighted by atomic mass is 10.1. The summed E-state index contributed by atoms with van der Waals surface area (Å²) in [6.07, 6.45) is 3.17. The summed E-state index contributed by atoms with van der Waals surface area (Å²) in [5.41, 5.74) is 2.00. The first-order valence-electron chi connectivity index (χ1n) is 9.66. The molecule has 1 aromatic rings. The molecule has 3 atom stereocenters. The van der Waals surface area contributed by atoms with Gasteiger partial charge in [-0.2, -0.15) is 0 Å². The van der Waals surface area contributed by atoms with Gasteiger partial charge in [0.1, 0.15) is 4.49 Å². The Balaban J connectivity index is 1.86. The van der Waals surface area contributed by atoms with Crippen molar-refractivity contribution in [1.29, 1.82) is 0 Å². The van der Waals surface area contributed by atoms with Crippen LogP contribution < -0.4 is 0 Å². The molecule has 2 fully saturated rings. The van der Waals surface area contributed by atoms with E-state index in [-0.39, 0.29) is 45.2 Å². The number of aryl methyl sites for hydroxylation is 1. The first-order chi connectivity index (χ1) is 13.0. The quantitative estimate of drug-likeness (QED) is 0.656. The zero-order valence-electron chi connectivity index (χ0n) is 16.5. The van der Waals surface area contributed by atoms with Crippen molar-refractivity contribution >= 4 is 38.9 Å². The maximum atomic E-state index is 13.5. The second kappa shape index (κ2) is 8.00. The van der Waals surface area contributed by atoms with E-state index in [4.69, 9.17) is 23.2 Å². The summed E-state index contributed by atoms with van der Waals surface area (Å²) in [6, 6.07) is 7.88. The second-order valence-electron chi connectivity index (χ2n) is 8.47. The molecular formula is C21H27Cl2NO3S. The van der Waals surface area contributed by atoms with Gasteiger partial charge in [-0.25, -0.2) is 8.42 Å². The summed E-state index contributed by atoms with van der Waals surface area (Å²) in [6.45, 7) is 6.56.